The van der Waals surface area contributed by atoms with Crippen LogP contribution in [0.1, 0.15) is 25.7 Å². The lowest BCUT2D eigenvalue weighted by molar-refractivity contribution is -0.116. The average molecular weight is 528 g/mol. The maximum atomic E-state index is 12.8. The van der Waals surface area contributed by atoms with E-state index in [1.54, 1.807) is 0 Å². The molecule has 1 heterocycles. The second-order valence-electron chi connectivity index (χ2n) is 8.76. The number of nitrogens with zero attached hydrogens (tertiary/aromatic N) is 3. The molecule has 2 aromatic rings. The zero-order valence-corrected chi connectivity index (χ0v) is 22.1. The van der Waals surface area contributed by atoms with E-state index in [1.807, 2.05) is 24.3 Å². The summed E-state index contributed by atoms with van der Waals surface area (Å²) in [4.78, 5) is 17.0. The average Bonchev–Trinajstić information content (AvgIpc) is 3.06. The Balaban J connectivity index is 1.53. The summed E-state index contributed by atoms with van der Waals surface area (Å²) < 4.78 is 26.7. The van der Waals surface area contributed by atoms with Crippen LogP contribution in [-0.2, 0) is 14.8 Å². The van der Waals surface area contributed by atoms with Crippen LogP contribution < -0.4 is 10.2 Å². The van der Waals surface area contributed by atoms with Gasteiger partial charge in [0, 0.05) is 50.5 Å². The molecule has 0 bridgehead atoms. The van der Waals surface area contributed by atoms with E-state index in [9.17, 15) is 13.2 Å². The molecule has 1 unspecified atom stereocenters. The predicted octanol–water partition coefficient (Wildman–Crippen LogP) is 4.56. The van der Waals surface area contributed by atoms with Crippen molar-refractivity contribution in [1.29, 1.82) is 0 Å². The van der Waals surface area contributed by atoms with Crippen LogP contribution in [0.5, 0.6) is 0 Å². The maximum Gasteiger partial charge on any atom is 0.244 e. The van der Waals surface area contributed by atoms with Gasteiger partial charge in [0.15, 0.2) is 0 Å². The zero-order chi connectivity index (χ0) is 24.9. The van der Waals surface area contributed by atoms with Gasteiger partial charge in [0.1, 0.15) is 4.90 Å². The van der Waals surface area contributed by atoms with Crippen molar-refractivity contribution in [3.63, 3.8) is 0 Å². The van der Waals surface area contributed by atoms with E-state index in [4.69, 9.17) is 23.2 Å². The van der Waals surface area contributed by atoms with Gasteiger partial charge in [-0.15, -0.1) is 0 Å². The minimum absolute atomic E-state index is 0.00765. The van der Waals surface area contributed by atoms with Crippen molar-refractivity contribution in [3.8, 4) is 0 Å². The molecule has 2 aromatic carbocycles. The van der Waals surface area contributed by atoms with Gasteiger partial charge < -0.3 is 15.1 Å². The van der Waals surface area contributed by atoms with Crippen LogP contribution in [-0.4, -0.2) is 70.3 Å². The molecule has 7 nitrogen and oxygen atoms in total. The second-order valence-corrected chi connectivity index (χ2v) is 11.6. The van der Waals surface area contributed by atoms with Crippen LogP contribution in [0.4, 0.5) is 11.4 Å². The van der Waals surface area contributed by atoms with E-state index in [1.165, 1.54) is 31.7 Å². The lowest BCUT2D eigenvalue weighted by Crippen LogP contribution is -2.30. The Kier molecular flexibility index (Phi) is 9.23. The van der Waals surface area contributed by atoms with Crippen LogP contribution in [0.25, 0.3) is 0 Å². The Morgan fingerprint density at radius 1 is 1.06 bits per heavy atom. The van der Waals surface area contributed by atoms with Crippen LogP contribution in [0.2, 0.25) is 10.0 Å². The number of anilines is 2. The van der Waals surface area contributed by atoms with Gasteiger partial charge in [-0.05, 0) is 69.8 Å². The summed E-state index contributed by atoms with van der Waals surface area (Å²) in [7, 11) is 1.82. The standard InChI is InChI=1S/C24H32Cl2N4O3S/c1-28(2)19-6-5-15-30(17-13-19)20-11-9-18(10-12-20)27-23(31)14-16-29(3)34(32,33)22-8-4-7-21(25)24(22)26/h4,7-12,19H,5-6,13-17H2,1-3H3,(H,27,31). The monoisotopic (exact) mass is 526 g/mol. The highest BCUT2D eigenvalue weighted by atomic mass is 35.5. The zero-order valence-electron chi connectivity index (χ0n) is 19.8. The molecular weight excluding hydrogens is 495 g/mol. The normalized spacial score (nSPS) is 17.1. The van der Waals surface area contributed by atoms with Gasteiger partial charge in [-0.1, -0.05) is 29.3 Å². The topological polar surface area (TPSA) is 73.0 Å². The number of amides is 1. The number of halogens is 2. The van der Waals surface area contributed by atoms with E-state index < -0.39 is 10.0 Å². The Bertz CT molecular complexity index is 1090. The molecular formula is C24H32Cl2N4O3S. The summed E-state index contributed by atoms with van der Waals surface area (Å²) >= 11 is 12.0. The third-order valence-electron chi connectivity index (χ3n) is 6.20. The van der Waals surface area contributed by atoms with Gasteiger partial charge in [-0.25, -0.2) is 12.7 Å². The highest BCUT2D eigenvalue weighted by Crippen LogP contribution is 2.30. The molecule has 0 spiro atoms. The van der Waals surface area contributed by atoms with E-state index in [-0.39, 0.29) is 33.8 Å². The van der Waals surface area contributed by atoms with Gasteiger partial charge in [0.2, 0.25) is 15.9 Å². The van der Waals surface area contributed by atoms with Crippen molar-refractivity contribution < 1.29 is 13.2 Å². The fourth-order valence-corrected chi connectivity index (χ4v) is 5.97. The Labute approximate surface area is 212 Å². The van der Waals surface area contributed by atoms with Crippen LogP contribution in [0.3, 0.4) is 0 Å². The number of sulfonamides is 1. The smallest absolute Gasteiger partial charge is 0.244 e. The van der Waals surface area contributed by atoms with Crippen LogP contribution >= 0.6 is 23.2 Å². The number of hydrogen-bond acceptors (Lipinski definition) is 5. The predicted molar refractivity (Wildman–Crippen MR) is 140 cm³/mol. The third kappa shape index (κ3) is 6.64. The minimum atomic E-state index is -3.86. The Morgan fingerprint density at radius 3 is 2.44 bits per heavy atom. The summed E-state index contributed by atoms with van der Waals surface area (Å²) in [5, 5.41) is 2.98. The molecule has 1 amide bonds. The van der Waals surface area contributed by atoms with Crippen molar-refractivity contribution in [3.05, 3.63) is 52.5 Å². The molecule has 1 N–H and O–H groups in total. The molecule has 1 saturated heterocycles. The molecule has 1 atom stereocenters. The molecule has 0 saturated carbocycles. The van der Waals surface area contributed by atoms with Gasteiger partial charge in [0.05, 0.1) is 10.0 Å². The number of rotatable bonds is 8. The molecule has 1 aliphatic rings. The van der Waals surface area contributed by atoms with Gasteiger partial charge in [-0.2, -0.15) is 0 Å². The summed E-state index contributed by atoms with van der Waals surface area (Å²) in [6, 6.07) is 12.9. The van der Waals surface area contributed by atoms with Crippen LogP contribution in [0, 0.1) is 0 Å². The Hall–Kier alpha value is -1.84. The van der Waals surface area contributed by atoms with Crippen molar-refractivity contribution in [2.75, 3.05) is 51.0 Å². The fourth-order valence-electron chi connectivity index (χ4n) is 4.06. The molecule has 3 rings (SSSR count). The fraction of sp³-hybridized carbons (Fsp3) is 0.458. The van der Waals surface area contributed by atoms with E-state index in [2.05, 4.69) is 29.2 Å². The lowest BCUT2D eigenvalue weighted by atomic mass is 10.1. The van der Waals surface area contributed by atoms with Crippen molar-refractivity contribution >= 4 is 50.5 Å². The maximum absolute atomic E-state index is 12.8. The lowest BCUT2D eigenvalue weighted by Gasteiger charge is -2.25. The number of carbonyl (C=O) groups excluding carboxylic acids is 1. The van der Waals surface area contributed by atoms with Gasteiger partial charge in [0.25, 0.3) is 0 Å². The number of carbonyl (C=O) groups is 1. The molecule has 186 valence electrons. The van der Waals surface area contributed by atoms with Crippen molar-refractivity contribution in [2.24, 2.45) is 0 Å². The Morgan fingerprint density at radius 2 is 1.76 bits per heavy atom. The van der Waals surface area contributed by atoms with E-state index >= 15 is 0 Å². The third-order valence-corrected chi connectivity index (χ3v) is 9.03. The summed E-state index contributed by atoms with van der Waals surface area (Å²) in [5.74, 6) is -0.268. The second kappa shape index (κ2) is 11.7. The largest absolute Gasteiger partial charge is 0.371 e. The highest BCUT2D eigenvalue weighted by Gasteiger charge is 2.25. The first kappa shape index (κ1) is 26.8. The van der Waals surface area contributed by atoms with Gasteiger partial charge in [-0.3, -0.25) is 4.79 Å². The molecule has 0 radical (unpaired) electrons. The first-order chi connectivity index (χ1) is 16.1. The highest BCUT2D eigenvalue weighted by molar-refractivity contribution is 7.89. The molecule has 0 aliphatic carbocycles. The van der Waals surface area contributed by atoms with Crippen LogP contribution in [0.15, 0.2) is 47.4 Å². The summed E-state index contributed by atoms with van der Waals surface area (Å²) in [6.45, 7) is 2.04. The molecule has 1 fully saturated rings. The van der Waals surface area contributed by atoms with E-state index in [0.717, 1.165) is 35.9 Å². The number of benzene rings is 2. The van der Waals surface area contributed by atoms with Crippen molar-refractivity contribution in [2.45, 2.75) is 36.6 Å². The quantitative estimate of drug-likeness (QED) is 0.545. The first-order valence-corrected chi connectivity index (χ1v) is 13.5. The number of nitrogens with one attached hydrogen (secondary N) is 1. The van der Waals surface area contributed by atoms with Gasteiger partial charge >= 0.3 is 0 Å². The molecule has 0 aromatic heterocycles. The first-order valence-electron chi connectivity index (χ1n) is 11.3. The van der Waals surface area contributed by atoms with E-state index in [0.29, 0.717) is 11.7 Å². The summed E-state index contributed by atoms with van der Waals surface area (Å²) in [5.41, 5.74) is 1.82. The SMILES string of the molecule is CN(C)C1CCCN(c2ccc(NC(=O)CCN(C)S(=O)(=O)c3cccc(Cl)c3Cl)cc2)CC1. The number of hydrogen-bond donors (Lipinski definition) is 1. The van der Waals surface area contributed by atoms with Crippen molar-refractivity contribution in [1.82, 2.24) is 9.21 Å². The molecule has 1 aliphatic heterocycles. The minimum Gasteiger partial charge on any atom is -0.371 e. The summed E-state index contributed by atoms with van der Waals surface area (Å²) in [6.07, 6.45) is 3.49. The molecule has 10 heteroatoms. The molecule has 34 heavy (non-hydrogen) atoms.